The largest absolute Gasteiger partial charge is 0.383 e. The number of benzene rings is 1. The van der Waals surface area contributed by atoms with Crippen LogP contribution in [0, 0.1) is 0 Å². The Labute approximate surface area is 126 Å². The van der Waals surface area contributed by atoms with Crippen LogP contribution in [0.5, 0.6) is 0 Å². The maximum absolute atomic E-state index is 4.82. The summed E-state index contributed by atoms with van der Waals surface area (Å²) in [6.07, 6.45) is 2.17. The number of nitrogens with zero attached hydrogens (tertiary/aromatic N) is 1. The van der Waals surface area contributed by atoms with E-state index in [1.165, 1.54) is 16.0 Å². The molecule has 1 aromatic carbocycles. The maximum atomic E-state index is 4.82. The van der Waals surface area contributed by atoms with Gasteiger partial charge in [0, 0.05) is 28.4 Å². The maximum Gasteiger partial charge on any atom is 0.0819 e. The van der Waals surface area contributed by atoms with E-state index in [-0.39, 0.29) is 0 Å². The highest BCUT2D eigenvalue weighted by atomic mass is 32.2. The van der Waals surface area contributed by atoms with Crippen LogP contribution in [0.3, 0.4) is 0 Å². The van der Waals surface area contributed by atoms with Crippen LogP contribution in [0.25, 0.3) is 0 Å². The van der Waals surface area contributed by atoms with Crippen molar-refractivity contribution in [3.8, 4) is 0 Å². The van der Waals surface area contributed by atoms with Gasteiger partial charge >= 0.3 is 0 Å². The number of rotatable bonds is 4. The van der Waals surface area contributed by atoms with Crippen LogP contribution >= 0.6 is 11.8 Å². The average molecular weight is 286 g/mol. The zero-order chi connectivity index (χ0) is 14.5. The van der Waals surface area contributed by atoms with Gasteiger partial charge in [-0.3, -0.25) is 4.99 Å². The summed E-state index contributed by atoms with van der Waals surface area (Å²) in [6.45, 7) is 9.41. The van der Waals surface area contributed by atoms with Crippen molar-refractivity contribution in [1.82, 2.24) is 5.32 Å². The first-order valence-electron chi connectivity index (χ1n) is 7.01. The Morgan fingerprint density at radius 3 is 2.80 bits per heavy atom. The molecule has 1 heterocycles. The summed E-state index contributed by atoms with van der Waals surface area (Å²) in [6, 6.07) is 8.49. The Balaban J connectivity index is 2.36. The molecule has 0 saturated heterocycles. The minimum absolute atomic E-state index is 0.923. The van der Waals surface area contributed by atoms with Gasteiger partial charge in [0.25, 0.3) is 0 Å². The summed E-state index contributed by atoms with van der Waals surface area (Å²) >= 11 is 1.87. The summed E-state index contributed by atoms with van der Waals surface area (Å²) in [5.41, 5.74) is 5.82. The molecular formula is C17H22N2S. The molecule has 0 saturated carbocycles. The zero-order valence-corrected chi connectivity index (χ0v) is 13.5. The van der Waals surface area contributed by atoms with Gasteiger partial charge in [0.15, 0.2) is 0 Å². The smallest absolute Gasteiger partial charge is 0.0819 e. The number of dihydropyridines is 1. The SMILES string of the molecule is CCSc1ccccc1C(C)=NC1=C(C)NCC(C)=C1. The summed E-state index contributed by atoms with van der Waals surface area (Å²) in [5.74, 6) is 1.08. The second-order valence-corrected chi connectivity index (χ2v) is 6.29. The van der Waals surface area contributed by atoms with Crippen LogP contribution in [0.1, 0.15) is 33.3 Å². The van der Waals surface area contributed by atoms with E-state index < -0.39 is 0 Å². The van der Waals surface area contributed by atoms with Crippen molar-refractivity contribution in [3.63, 3.8) is 0 Å². The van der Waals surface area contributed by atoms with Crippen molar-refractivity contribution in [1.29, 1.82) is 0 Å². The monoisotopic (exact) mass is 286 g/mol. The van der Waals surface area contributed by atoms with Gasteiger partial charge in [-0.1, -0.05) is 30.7 Å². The normalized spacial score (nSPS) is 16.0. The van der Waals surface area contributed by atoms with Gasteiger partial charge in [-0.15, -0.1) is 11.8 Å². The predicted octanol–water partition coefficient (Wildman–Crippen LogP) is 4.39. The van der Waals surface area contributed by atoms with Crippen LogP contribution in [0.4, 0.5) is 0 Å². The molecule has 1 aliphatic rings. The van der Waals surface area contributed by atoms with Crippen molar-refractivity contribution in [2.45, 2.75) is 32.6 Å². The summed E-state index contributed by atoms with van der Waals surface area (Å²) in [7, 11) is 0. The van der Waals surface area contributed by atoms with Crippen LogP contribution in [-0.2, 0) is 0 Å². The zero-order valence-electron chi connectivity index (χ0n) is 12.7. The Morgan fingerprint density at radius 1 is 1.30 bits per heavy atom. The molecule has 0 atom stereocenters. The highest BCUT2D eigenvalue weighted by Crippen LogP contribution is 2.24. The van der Waals surface area contributed by atoms with E-state index in [0.717, 1.165) is 29.4 Å². The molecule has 2 nitrogen and oxygen atoms in total. The molecule has 0 aliphatic carbocycles. The van der Waals surface area contributed by atoms with Gasteiger partial charge < -0.3 is 5.32 Å². The van der Waals surface area contributed by atoms with Crippen LogP contribution < -0.4 is 5.32 Å². The number of hydrogen-bond acceptors (Lipinski definition) is 3. The molecule has 20 heavy (non-hydrogen) atoms. The lowest BCUT2D eigenvalue weighted by molar-refractivity contribution is 0.832. The molecule has 0 amide bonds. The first-order chi connectivity index (χ1) is 9.61. The van der Waals surface area contributed by atoms with Gasteiger partial charge in [0.2, 0.25) is 0 Å². The fourth-order valence-corrected chi connectivity index (χ4v) is 3.02. The van der Waals surface area contributed by atoms with E-state index in [9.17, 15) is 0 Å². The van der Waals surface area contributed by atoms with Gasteiger partial charge in [-0.2, -0.15) is 0 Å². The molecule has 3 heteroatoms. The highest BCUT2D eigenvalue weighted by molar-refractivity contribution is 7.99. The summed E-state index contributed by atoms with van der Waals surface area (Å²) in [5, 5.41) is 3.38. The quantitative estimate of drug-likeness (QED) is 0.656. The lowest BCUT2D eigenvalue weighted by Crippen LogP contribution is -2.19. The lowest BCUT2D eigenvalue weighted by atomic mass is 10.1. The first-order valence-corrected chi connectivity index (χ1v) is 7.99. The summed E-state index contributed by atoms with van der Waals surface area (Å²) < 4.78 is 0. The van der Waals surface area contributed by atoms with E-state index in [1.807, 2.05) is 11.8 Å². The minimum Gasteiger partial charge on any atom is -0.383 e. The van der Waals surface area contributed by atoms with E-state index in [1.54, 1.807) is 0 Å². The molecule has 1 N–H and O–H groups in total. The molecule has 0 fully saturated rings. The topological polar surface area (TPSA) is 24.4 Å². The summed E-state index contributed by atoms with van der Waals surface area (Å²) in [4.78, 5) is 6.13. The third-order valence-electron chi connectivity index (χ3n) is 3.26. The molecule has 0 aromatic heterocycles. The van der Waals surface area contributed by atoms with Crippen molar-refractivity contribution in [2.24, 2.45) is 4.99 Å². The fraction of sp³-hybridized carbons (Fsp3) is 0.353. The Kier molecular flexibility index (Phi) is 5.07. The molecular weight excluding hydrogens is 264 g/mol. The lowest BCUT2D eigenvalue weighted by Gasteiger charge is -2.16. The van der Waals surface area contributed by atoms with Crippen LogP contribution in [0.15, 0.2) is 57.2 Å². The molecule has 0 spiro atoms. The van der Waals surface area contributed by atoms with Gasteiger partial charge in [0.1, 0.15) is 0 Å². The number of thioether (sulfide) groups is 1. The molecule has 0 unspecified atom stereocenters. The number of allylic oxidation sites excluding steroid dienone is 2. The van der Waals surface area contributed by atoms with E-state index in [2.05, 4.69) is 63.4 Å². The highest BCUT2D eigenvalue weighted by Gasteiger charge is 2.09. The van der Waals surface area contributed by atoms with Gasteiger partial charge in [0.05, 0.1) is 5.70 Å². The second-order valence-electron chi connectivity index (χ2n) is 4.98. The molecule has 0 bridgehead atoms. The molecule has 1 aromatic rings. The third kappa shape index (κ3) is 3.54. The minimum atomic E-state index is 0.923. The van der Waals surface area contributed by atoms with Crippen molar-refractivity contribution < 1.29 is 0 Å². The Bertz CT molecular complexity index is 582. The van der Waals surface area contributed by atoms with Crippen molar-refractivity contribution in [2.75, 3.05) is 12.3 Å². The molecule has 2 rings (SSSR count). The molecule has 0 radical (unpaired) electrons. The van der Waals surface area contributed by atoms with Crippen LogP contribution in [-0.4, -0.2) is 18.0 Å². The van der Waals surface area contributed by atoms with E-state index in [4.69, 9.17) is 4.99 Å². The third-order valence-corrected chi connectivity index (χ3v) is 4.22. The van der Waals surface area contributed by atoms with Gasteiger partial charge in [-0.25, -0.2) is 0 Å². The number of aliphatic imine (C=N–C) groups is 1. The predicted molar refractivity (Wildman–Crippen MR) is 89.5 cm³/mol. The number of nitrogens with one attached hydrogen (secondary N) is 1. The fourth-order valence-electron chi connectivity index (χ4n) is 2.16. The standard InChI is InChI=1S/C17H22N2S/c1-5-20-17-9-7-6-8-15(17)13(3)19-16-10-12(2)11-18-14(16)4/h6-10,18H,5,11H2,1-4H3. The second kappa shape index (κ2) is 6.80. The number of hydrogen-bond donors (Lipinski definition) is 1. The van der Waals surface area contributed by atoms with Crippen molar-refractivity contribution >= 4 is 17.5 Å². The average Bonchev–Trinajstić information content (AvgIpc) is 2.44. The van der Waals surface area contributed by atoms with Crippen molar-refractivity contribution in [3.05, 3.63) is 52.9 Å². The molecule has 1 aliphatic heterocycles. The first kappa shape index (κ1) is 14.9. The van der Waals surface area contributed by atoms with E-state index >= 15 is 0 Å². The Morgan fingerprint density at radius 2 is 2.05 bits per heavy atom. The Hall–Kier alpha value is -1.48. The molecule has 106 valence electrons. The van der Waals surface area contributed by atoms with Crippen LogP contribution in [0.2, 0.25) is 0 Å². The van der Waals surface area contributed by atoms with E-state index in [0.29, 0.717) is 0 Å². The van der Waals surface area contributed by atoms with Gasteiger partial charge in [-0.05, 0) is 38.7 Å².